The maximum atomic E-state index is 11.6. The maximum Gasteiger partial charge on any atom is 0.320 e. The van der Waals surface area contributed by atoms with Crippen molar-refractivity contribution in [2.45, 2.75) is 64.2 Å². The van der Waals surface area contributed by atoms with E-state index in [2.05, 4.69) is 17.9 Å². The van der Waals surface area contributed by atoms with E-state index in [4.69, 9.17) is 9.47 Å². The quantitative estimate of drug-likeness (QED) is 0.598. The van der Waals surface area contributed by atoms with E-state index in [-0.39, 0.29) is 36.4 Å². The molecular formula is C14H25NO4S. The lowest BCUT2D eigenvalue weighted by Gasteiger charge is -2.29. The number of esters is 2. The van der Waals surface area contributed by atoms with Gasteiger partial charge in [0.1, 0.15) is 11.7 Å². The number of carbonyl (C=O) groups excluding carboxylic acids is 2. The number of thiol groups is 1. The molecule has 1 aliphatic rings. The lowest BCUT2D eigenvalue weighted by Crippen LogP contribution is -2.41. The van der Waals surface area contributed by atoms with Gasteiger partial charge in [0.2, 0.25) is 0 Å². The van der Waals surface area contributed by atoms with Crippen LogP contribution in [0, 0.1) is 0 Å². The van der Waals surface area contributed by atoms with Gasteiger partial charge in [0.15, 0.2) is 0 Å². The molecule has 1 rings (SSSR count). The van der Waals surface area contributed by atoms with Crippen molar-refractivity contribution < 1.29 is 19.1 Å². The predicted molar refractivity (Wildman–Crippen MR) is 79.8 cm³/mol. The molecule has 20 heavy (non-hydrogen) atoms. The Hall–Kier alpha value is -0.750. The van der Waals surface area contributed by atoms with Crippen molar-refractivity contribution in [3.05, 3.63) is 0 Å². The Bertz CT molecular complexity index is 341. The summed E-state index contributed by atoms with van der Waals surface area (Å²) in [6.07, 6.45) is 3.51. The first kappa shape index (κ1) is 17.3. The van der Waals surface area contributed by atoms with Gasteiger partial charge in [-0.25, -0.2) is 0 Å². The highest BCUT2D eigenvalue weighted by atomic mass is 32.1. The van der Waals surface area contributed by atoms with Crippen LogP contribution in [0.25, 0.3) is 0 Å². The smallest absolute Gasteiger partial charge is 0.320 e. The minimum absolute atomic E-state index is 0.0699. The molecule has 0 aromatic carbocycles. The number of hydrogen-bond donors (Lipinski definition) is 2. The summed E-state index contributed by atoms with van der Waals surface area (Å²) in [5, 5.41) is 3.18. The molecule has 0 saturated heterocycles. The van der Waals surface area contributed by atoms with Crippen LogP contribution in [0.3, 0.4) is 0 Å². The molecule has 0 aliphatic heterocycles. The first-order valence-electron chi connectivity index (χ1n) is 7.05. The van der Waals surface area contributed by atoms with Crippen LogP contribution in [0.2, 0.25) is 0 Å². The zero-order valence-electron chi connectivity index (χ0n) is 12.5. The maximum absolute atomic E-state index is 11.6. The second-order valence-corrected chi connectivity index (χ2v) is 6.42. The van der Waals surface area contributed by atoms with Gasteiger partial charge in [0.25, 0.3) is 0 Å². The highest BCUT2D eigenvalue weighted by Crippen LogP contribution is 2.21. The highest BCUT2D eigenvalue weighted by molar-refractivity contribution is 7.81. The van der Waals surface area contributed by atoms with Gasteiger partial charge in [0, 0.05) is 6.04 Å². The van der Waals surface area contributed by atoms with E-state index in [0.29, 0.717) is 0 Å². The SMILES string of the molecule is CC(C)(C)OC(=O)CNC1CCCC(OC(=O)CS)C1. The standard InChI is InChI=1S/C14H25NO4S/c1-14(2,3)19-12(16)8-15-10-5-4-6-11(7-10)18-13(17)9-20/h10-11,15,20H,4-9H2,1-3H3. The van der Waals surface area contributed by atoms with Crippen molar-refractivity contribution >= 4 is 24.6 Å². The van der Waals surface area contributed by atoms with Gasteiger partial charge in [0.05, 0.1) is 12.3 Å². The predicted octanol–water partition coefficient (Wildman–Crippen LogP) is 1.70. The van der Waals surface area contributed by atoms with E-state index >= 15 is 0 Å². The summed E-state index contributed by atoms with van der Waals surface area (Å²) in [4.78, 5) is 22.8. The Labute approximate surface area is 126 Å². The third-order valence-corrected chi connectivity index (χ3v) is 3.27. The molecule has 0 heterocycles. The molecular weight excluding hydrogens is 278 g/mol. The number of hydrogen-bond acceptors (Lipinski definition) is 6. The van der Waals surface area contributed by atoms with Crippen LogP contribution in [-0.2, 0) is 19.1 Å². The monoisotopic (exact) mass is 303 g/mol. The molecule has 1 fully saturated rings. The van der Waals surface area contributed by atoms with E-state index < -0.39 is 5.60 Å². The Morgan fingerprint density at radius 2 is 1.95 bits per heavy atom. The average Bonchev–Trinajstić information content (AvgIpc) is 2.34. The summed E-state index contributed by atoms with van der Waals surface area (Å²) in [5.74, 6) is -0.440. The molecule has 2 unspecified atom stereocenters. The van der Waals surface area contributed by atoms with Crippen LogP contribution in [0.1, 0.15) is 46.5 Å². The number of ether oxygens (including phenoxy) is 2. The molecule has 2 atom stereocenters. The molecule has 0 aromatic rings. The van der Waals surface area contributed by atoms with Crippen LogP contribution < -0.4 is 5.32 Å². The fourth-order valence-electron chi connectivity index (χ4n) is 2.27. The van der Waals surface area contributed by atoms with Crippen LogP contribution in [0.15, 0.2) is 0 Å². The van der Waals surface area contributed by atoms with Gasteiger partial charge < -0.3 is 14.8 Å². The van der Waals surface area contributed by atoms with Crippen molar-refractivity contribution in [3.63, 3.8) is 0 Å². The fourth-order valence-corrected chi connectivity index (χ4v) is 2.34. The van der Waals surface area contributed by atoms with Gasteiger partial charge in [-0.3, -0.25) is 9.59 Å². The van der Waals surface area contributed by atoms with Crippen molar-refractivity contribution in [1.29, 1.82) is 0 Å². The molecule has 1 N–H and O–H groups in total. The van der Waals surface area contributed by atoms with Crippen molar-refractivity contribution in [2.24, 2.45) is 0 Å². The summed E-state index contributed by atoms with van der Waals surface area (Å²) in [5.41, 5.74) is -0.462. The highest BCUT2D eigenvalue weighted by Gasteiger charge is 2.25. The Kier molecular flexibility index (Phi) is 6.82. The van der Waals surface area contributed by atoms with Crippen molar-refractivity contribution in [2.75, 3.05) is 12.3 Å². The second kappa shape index (κ2) is 7.88. The molecule has 1 aliphatic carbocycles. The molecule has 0 bridgehead atoms. The third-order valence-electron chi connectivity index (χ3n) is 3.01. The molecule has 0 radical (unpaired) electrons. The van der Waals surface area contributed by atoms with E-state index in [1.165, 1.54) is 0 Å². The van der Waals surface area contributed by atoms with Gasteiger partial charge in [-0.2, -0.15) is 12.6 Å². The molecule has 5 nitrogen and oxygen atoms in total. The number of rotatable bonds is 5. The van der Waals surface area contributed by atoms with E-state index in [1.807, 2.05) is 20.8 Å². The average molecular weight is 303 g/mol. The van der Waals surface area contributed by atoms with Crippen LogP contribution >= 0.6 is 12.6 Å². The minimum atomic E-state index is -0.462. The number of carbonyl (C=O) groups is 2. The zero-order valence-corrected chi connectivity index (χ0v) is 13.4. The van der Waals surface area contributed by atoms with Crippen molar-refractivity contribution in [3.8, 4) is 0 Å². The van der Waals surface area contributed by atoms with Crippen molar-refractivity contribution in [1.82, 2.24) is 5.32 Å². The molecule has 0 aromatic heterocycles. The fraction of sp³-hybridized carbons (Fsp3) is 0.857. The summed E-state index contributed by atoms with van der Waals surface area (Å²) >= 11 is 3.89. The zero-order chi connectivity index (χ0) is 15.2. The van der Waals surface area contributed by atoms with E-state index in [9.17, 15) is 9.59 Å². The van der Waals surface area contributed by atoms with E-state index in [0.717, 1.165) is 25.7 Å². The molecule has 1 saturated carbocycles. The Morgan fingerprint density at radius 3 is 2.55 bits per heavy atom. The Balaban J connectivity index is 2.30. The molecule has 0 amide bonds. The lowest BCUT2D eigenvalue weighted by atomic mass is 9.93. The topological polar surface area (TPSA) is 64.6 Å². The third kappa shape index (κ3) is 7.14. The minimum Gasteiger partial charge on any atom is -0.462 e. The molecule has 116 valence electrons. The molecule has 6 heteroatoms. The number of nitrogens with one attached hydrogen (secondary N) is 1. The van der Waals surface area contributed by atoms with Gasteiger partial charge >= 0.3 is 11.9 Å². The Morgan fingerprint density at radius 1 is 1.25 bits per heavy atom. The summed E-state index contributed by atoms with van der Waals surface area (Å²) < 4.78 is 10.5. The largest absolute Gasteiger partial charge is 0.462 e. The van der Waals surface area contributed by atoms with Crippen LogP contribution in [-0.4, -0.2) is 42.0 Å². The van der Waals surface area contributed by atoms with Gasteiger partial charge in [-0.05, 0) is 46.5 Å². The second-order valence-electron chi connectivity index (χ2n) is 6.10. The summed E-state index contributed by atoms with van der Waals surface area (Å²) in [6.45, 7) is 5.73. The summed E-state index contributed by atoms with van der Waals surface area (Å²) in [6, 6.07) is 0.189. The summed E-state index contributed by atoms with van der Waals surface area (Å²) in [7, 11) is 0. The van der Waals surface area contributed by atoms with Gasteiger partial charge in [-0.15, -0.1) is 0 Å². The van der Waals surface area contributed by atoms with Crippen LogP contribution in [0.5, 0.6) is 0 Å². The first-order valence-corrected chi connectivity index (χ1v) is 7.69. The molecule has 0 spiro atoms. The van der Waals surface area contributed by atoms with Crippen LogP contribution in [0.4, 0.5) is 0 Å². The van der Waals surface area contributed by atoms with Gasteiger partial charge in [-0.1, -0.05) is 0 Å². The normalized spacial score (nSPS) is 23.2. The first-order chi connectivity index (χ1) is 9.30. The van der Waals surface area contributed by atoms with E-state index in [1.54, 1.807) is 0 Å². The lowest BCUT2D eigenvalue weighted by molar-refractivity contribution is -0.154.